The molecule has 0 aromatic heterocycles. The molecular weight excluding hydrogens is 350 g/mol. The molecule has 0 bridgehead atoms. The highest BCUT2D eigenvalue weighted by atomic mass is 32.2. The number of rotatable bonds is 7. The van der Waals surface area contributed by atoms with Gasteiger partial charge in [-0.15, -0.1) is 0 Å². The lowest BCUT2D eigenvalue weighted by Crippen LogP contribution is -2.42. The number of anilines is 1. The summed E-state index contributed by atoms with van der Waals surface area (Å²) in [6.07, 6.45) is 0.943. The van der Waals surface area contributed by atoms with Crippen molar-refractivity contribution >= 4 is 33.6 Å². The molecule has 0 fully saturated rings. The zero-order valence-corrected chi connectivity index (χ0v) is 15.0. The van der Waals surface area contributed by atoms with Gasteiger partial charge in [0.25, 0.3) is 5.91 Å². The standard InChI is InChI=1S/C15H21N3O6S/c1-10(2)8-16-15(21)17-13(19)9-24-14(20)11-6-4-5-7-12(11)18-25(3,22)23/h4-7,10,18H,8-9H2,1-3H3,(H2,16,17,19,21). The van der Waals surface area contributed by atoms with E-state index < -0.39 is 34.5 Å². The summed E-state index contributed by atoms with van der Waals surface area (Å²) in [6.45, 7) is 3.50. The lowest BCUT2D eigenvalue weighted by atomic mass is 10.2. The predicted octanol–water partition coefficient (Wildman–Crippen LogP) is 0.697. The predicted molar refractivity (Wildman–Crippen MR) is 91.6 cm³/mol. The smallest absolute Gasteiger partial charge is 0.340 e. The second kappa shape index (κ2) is 9.02. The SMILES string of the molecule is CC(C)CNC(=O)NC(=O)COC(=O)c1ccccc1NS(C)(=O)=O. The van der Waals surface area contributed by atoms with Crippen LogP contribution in [0.15, 0.2) is 24.3 Å². The van der Waals surface area contributed by atoms with E-state index >= 15 is 0 Å². The summed E-state index contributed by atoms with van der Waals surface area (Å²) in [5, 5.41) is 4.50. The summed E-state index contributed by atoms with van der Waals surface area (Å²) >= 11 is 0. The van der Waals surface area contributed by atoms with E-state index in [0.717, 1.165) is 6.26 Å². The van der Waals surface area contributed by atoms with Crippen LogP contribution in [0.25, 0.3) is 0 Å². The van der Waals surface area contributed by atoms with E-state index in [1.54, 1.807) is 0 Å². The minimum absolute atomic E-state index is 0.0325. The van der Waals surface area contributed by atoms with E-state index in [0.29, 0.717) is 6.54 Å². The van der Waals surface area contributed by atoms with Crippen molar-refractivity contribution in [2.75, 3.05) is 24.1 Å². The van der Waals surface area contributed by atoms with E-state index in [4.69, 9.17) is 4.74 Å². The van der Waals surface area contributed by atoms with Crippen LogP contribution in [-0.2, 0) is 19.6 Å². The van der Waals surface area contributed by atoms with Crippen LogP contribution in [0.3, 0.4) is 0 Å². The summed E-state index contributed by atoms with van der Waals surface area (Å²) in [6, 6.07) is 5.11. The van der Waals surface area contributed by atoms with Gasteiger partial charge >= 0.3 is 12.0 Å². The normalized spacial score (nSPS) is 10.9. The molecule has 9 nitrogen and oxygen atoms in total. The third kappa shape index (κ3) is 8.15. The van der Waals surface area contributed by atoms with Crippen LogP contribution in [0.1, 0.15) is 24.2 Å². The number of benzene rings is 1. The van der Waals surface area contributed by atoms with Crippen LogP contribution in [0.4, 0.5) is 10.5 Å². The fraction of sp³-hybridized carbons (Fsp3) is 0.400. The van der Waals surface area contributed by atoms with Crippen molar-refractivity contribution in [3.8, 4) is 0 Å². The van der Waals surface area contributed by atoms with Crippen molar-refractivity contribution in [3.63, 3.8) is 0 Å². The second-order valence-electron chi connectivity index (χ2n) is 5.65. The zero-order valence-electron chi connectivity index (χ0n) is 14.2. The summed E-state index contributed by atoms with van der Waals surface area (Å²) in [7, 11) is -3.58. The monoisotopic (exact) mass is 371 g/mol. The van der Waals surface area contributed by atoms with Gasteiger partial charge in [-0.2, -0.15) is 0 Å². The van der Waals surface area contributed by atoms with Gasteiger partial charge in [0.05, 0.1) is 17.5 Å². The fourth-order valence-corrected chi connectivity index (χ4v) is 2.24. The van der Waals surface area contributed by atoms with Crippen molar-refractivity contribution in [2.24, 2.45) is 5.92 Å². The van der Waals surface area contributed by atoms with Crippen LogP contribution in [0.5, 0.6) is 0 Å². The van der Waals surface area contributed by atoms with E-state index in [1.165, 1.54) is 24.3 Å². The van der Waals surface area contributed by atoms with Crippen LogP contribution >= 0.6 is 0 Å². The Kier molecular flexibility index (Phi) is 7.37. The molecule has 3 N–H and O–H groups in total. The van der Waals surface area contributed by atoms with Gasteiger partial charge in [-0.3, -0.25) is 14.8 Å². The average Bonchev–Trinajstić information content (AvgIpc) is 2.49. The summed E-state index contributed by atoms with van der Waals surface area (Å²) in [4.78, 5) is 35.0. The Morgan fingerprint density at radius 2 is 1.80 bits per heavy atom. The third-order valence-electron chi connectivity index (χ3n) is 2.70. The number of hydrogen-bond donors (Lipinski definition) is 3. The number of urea groups is 1. The maximum absolute atomic E-state index is 12.0. The second-order valence-corrected chi connectivity index (χ2v) is 7.40. The number of nitrogens with one attached hydrogen (secondary N) is 3. The van der Waals surface area contributed by atoms with Crippen molar-refractivity contribution in [1.29, 1.82) is 0 Å². The quantitative estimate of drug-likeness (QED) is 0.605. The van der Waals surface area contributed by atoms with Crippen molar-refractivity contribution in [1.82, 2.24) is 10.6 Å². The van der Waals surface area contributed by atoms with Gasteiger partial charge in [-0.25, -0.2) is 18.0 Å². The molecule has 1 aromatic rings. The Morgan fingerprint density at radius 3 is 2.40 bits per heavy atom. The molecule has 25 heavy (non-hydrogen) atoms. The number of carbonyl (C=O) groups is 3. The molecule has 0 radical (unpaired) electrons. The van der Waals surface area contributed by atoms with Crippen LogP contribution in [0.2, 0.25) is 0 Å². The molecule has 0 aliphatic carbocycles. The largest absolute Gasteiger partial charge is 0.452 e. The molecule has 1 rings (SSSR count). The summed E-state index contributed by atoms with van der Waals surface area (Å²) in [5.41, 5.74) is -0.0185. The molecule has 3 amide bonds. The first-order valence-corrected chi connectivity index (χ1v) is 9.29. The Hall–Kier alpha value is -2.62. The number of ether oxygens (including phenoxy) is 1. The first-order valence-electron chi connectivity index (χ1n) is 7.40. The third-order valence-corrected chi connectivity index (χ3v) is 3.29. The van der Waals surface area contributed by atoms with Gasteiger partial charge < -0.3 is 10.1 Å². The number of para-hydroxylation sites is 1. The lowest BCUT2D eigenvalue weighted by molar-refractivity contribution is -0.123. The van der Waals surface area contributed by atoms with Crippen LogP contribution in [0, 0.1) is 5.92 Å². The lowest BCUT2D eigenvalue weighted by Gasteiger charge is -2.11. The number of sulfonamides is 1. The zero-order chi connectivity index (χ0) is 19.0. The minimum atomic E-state index is -3.58. The Morgan fingerprint density at radius 1 is 1.16 bits per heavy atom. The fourth-order valence-electron chi connectivity index (χ4n) is 1.66. The molecule has 0 saturated heterocycles. The minimum Gasteiger partial charge on any atom is -0.452 e. The Labute approximate surface area is 146 Å². The van der Waals surface area contributed by atoms with E-state index in [-0.39, 0.29) is 17.2 Å². The van der Waals surface area contributed by atoms with Crippen LogP contribution in [-0.4, -0.2) is 45.7 Å². The molecular formula is C15H21N3O6S. The van der Waals surface area contributed by atoms with Crippen molar-refractivity contribution in [2.45, 2.75) is 13.8 Å². The molecule has 0 atom stereocenters. The number of esters is 1. The van der Waals surface area contributed by atoms with Crippen LogP contribution < -0.4 is 15.4 Å². The van der Waals surface area contributed by atoms with Gasteiger partial charge in [0.2, 0.25) is 10.0 Å². The van der Waals surface area contributed by atoms with Gasteiger partial charge in [-0.05, 0) is 18.1 Å². The number of carbonyl (C=O) groups excluding carboxylic acids is 3. The maximum Gasteiger partial charge on any atom is 0.340 e. The first kappa shape index (κ1) is 20.4. The number of hydrogen-bond acceptors (Lipinski definition) is 6. The van der Waals surface area contributed by atoms with Crippen molar-refractivity contribution in [3.05, 3.63) is 29.8 Å². The van der Waals surface area contributed by atoms with Gasteiger partial charge in [-0.1, -0.05) is 26.0 Å². The highest BCUT2D eigenvalue weighted by Gasteiger charge is 2.17. The van der Waals surface area contributed by atoms with Gasteiger partial charge in [0, 0.05) is 6.54 Å². The molecule has 138 valence electrons. The molecule has 0 heterocycles. The molecule has 0 aliphatic heterocycles. The molecule has 0 aliphatic rings. The topological polar surface area (TPSA) is 131 Å². The van der Waals surface area contributed by atoms with E-state index in [2.05, 4.69) is 10.0 Å². The maximum atomic E-state index is 12.0. The Bertz CT molecular complexity index is 745. The van der Waals surface area contributed by atoms with Gasteiger partial charge in [0.15, 0.2) is 6.61 Å². The molecule has 0 unspecified atom stereocenters. The van der Waals surface area contributed by atoms with E-state index in [1.807, 2.05) is 19.2 Å². The number of imide groups is 1. The van der Waals surface area contributed by atoms with Gasteiger partial charge in [0.1, 0.15) is 0 Å². The van der Waals surface area contributed by atoms with E-state index in [9.17, 15) is 22.8 Å². The summed E-state index contributed by atoms with van der Waals surface area (Å²) in [5.74, 6) is -1.48. The Balaban J connectivity index is 2.60. The summed E-state index contributed by atoms with van der Waals surface area (Å²) < 4.78 is 29.6. The molecule has 10 heteroatoms. The molecule has 0 spiro atoms. The molecule has 1 aromatic carbocycles. The first-order chi connectivity index (χ1) is 11.6. The molecule has 0 saturated carbocycles. The number of amides is 3. The average molecular weight is 371 g/mol. The highest BCUT2D eigenvalue weighted by molar-refractivity contribution is 7.92. The highest BCUT2D eigenvalue weighted by Crippen LogP contribution is 2.17. The van der Waals surface area contributed by atoms with Crippen molar-refractivity contribution < 1.29 is 27.5 Å².